The molecule has 17 heavy (non-hydrogen) atoms. The highest BCUT2D eigenvalue weighted by Crippen LogP contribution is 2.12. The van der Waals surface area contributed by atoms with Crippen LogP contribution in [0.2, 0.25) is 0 Å². The molecular formula is C12H10N4O. The summed E-state index contributed by atoms with van der Waals surface area (Å²) in [6.07, 6.45) is 1.64. The first kappa shape index (κ1) is 11.0. The fraction of sp³-hybridized carbons (Fsp3) is 0.167. The van der Waals surface area contributed by atoms with Crippen molar-refractivity contribution in [2.75, 3.05) is 0 Å². The van der Waals surface area contributed by atoms with E-state index in [0.717, 1.165) is 0 Å². The molecule has 0 radical (unpaired) electrons. The maximum absolute atomic E-state index is 11.7. The zero-order valence-electron chi connectivity index (χ0n) is 9.29. The molecule has 84 valence electrons. The normalized spacial score (nSPS) is 9.88. The minimum atomic E-state index is -0.366. The Kier molecular flexibility index (Phi) is 2.97. The van der Waals surface area contributed by atoms with E-state index >= 15 is 0 Å². The van der Waals surface area contributed by atoms with Crippen LogP contribution < -0.4 is 5.56 Å². The van der Waals surface area contributed by atoms with Crippen molar-refractivity contribution in [1.82, 2.24) is 14.8 Å². The van der Waals surface area contributed by atoms with Gasteiger partial charge in [-0.25, -0.2) is 4.68 Å². The van der Waals surface area contributed by atoms with Crippen LogP contribution in [0.15, 0.2) is 35.3 Å². The quantitative estimate of drug-likeness (QED) is 0.771. The van der Waals surface area contributed by atoms with E-state index in [2.05, 4.69) is 10.1 Å². The van der Waals surface area contributed by atoms with Gasteiger partial charge in [-0.15, -0.1) is 0 Å². The Hall–Kier alpha value is -2.48. The van der Waals surface area contributed by atoms with E-state index in [1.165, 1.54) is 10.7 Å². The summed E-state index contributed by atoms with van der Waals surface area (Å²) in [4.78, 5) is 15.8. The molecular weight excluding hydrogens is 216 g/mol. The molecule has 5 nitrogen and oxygen atoms in total. The maximum Gasteiger partial charge on any atom is 0.284 e. The number of aryl methyl sites for hydroxylation is 1. The van der Waals surface area contributed by atoms with Gasteiger partial charge in [0.15, 0.2) is 0 Å². The number of nitrogens with zero attached hydrogens (tertiary/aromatic N) is 4. The zero-order chi connectivity index (χ0) is 12.3. The second-order valence-electron chi connectivity index (χ2n) is 3.39. The lowest BCUT2D eigenvalue weighted by molar-refractivity contribution is 0.616. The molecule has 2 aromatic heterocycles. The van der Waals surface area contributed by atoms with Gasteiger partial charge in [-0.1, -0.05) is 6.07 Å². The van der Waals surface area contributed by atoms with Gasteiger partial charge in [0.25, 0.3) is 5.56 Å². The topological polar surface area (TPSA) is 71.6 Å². The molecule has 0 aliphatic carbocycles. The third kappa shape index (κ3) is 2.06. The van der Waals surface area contributed by atoms with Crippen molar-refractivity contribution in [3.8, 4) is 17.5 Å². The van der Waals surface area contributed by atoms with Gasteiger partial charge in [-0.3, -0.25) is 9.78 Å². The Balaban J connectivity index is 2.66. The minimum absolute atomic E-state index is 0.0857. The largest absolute Gasteiger partial charge is 0.284 e. The van der Waals surface area contributed by atoms with Crippen molar-refractivity contribution in [3.63, 3.8) is 0 Å². The molecule has 0 aromatic carbocycles. The zero-order valence-corrected chi connectivity index (χ0v) is 9.29. The molecule has 0 aliphatic heterocycles. The Morgan fingerprint density at radius 1 is 1.41 bits per heavy atom. The van der Waals surface area contributed by atoms with Crippen LogP contribution >= 0.6 is 0 Å². The van der Waals surface area contributed by atoms with E-state index in [1.54, 1.807) is 25.3 Å². The lowest BCUT2D eigenvalue weighted by atomic mass is 10.2. The van der Waals surface area contributed by atoms with Crippen LogP contribution in [-0.2, 0) is 6.54 Å². The van der Waals surface area contributed by atoms with Gasteiger partial charge in [0.1, 0.15) is 17.3 Å². The van der Waals surface area contributed by atoms with E-state index in [-0.39, 0.29) is 11.1 Å². The van der Waals surface area contributed by atoms with Crippen LogP contribution in [0.3, 0.4) is 0 Å². The fourth-order valence-electron chi connectivity index (χ4n) is 1.48. The first-order chi connectivity index (χ1) is 8.26. The van der Waals surface area contributed by atoms with Gasteiger partial charge in [0.05, 0.1) is 5.69 Å². The van der Waals surface area contributed by atoms with Crippen LogP contribution in [0.25, 0.3) is 11.4 Å². The highest BCUT2D eigenvalue weighted by atomic mass is 16.1. The molecule has 0 fully saturated rings. The van der Waals surface area contributed by atoms with Crippen molar-refractivity contribution >= 4 is 0 Å². The predicted octanol–water partition coefficient (Wildman–Crippen LogP) is 1.20. The lowest BCUT2D eigenvalue weighted by Gasteiger charge is -2.04. The van der Waals surface area contributed by atoms with E-state index in [4.69, 9.17) is 5.26 Å². The van der Waals surface area contributed by atoms with Crippen molar-refractivity contribution in [3.05, 3.63) is 46.4 Å². The average molecular weight is 226 g/mol. The molecule has 0 aliphatic rings. The summed E-state index contributed by atoms with van der Waals surface area (Å²) in [5.74, 6) is 0. The molecule has 0 saturated carbocycles. The molecule has 0 amide bonds. The van der Waals surface area contributed by atoms with Crippen molar-refractivity contribution in [2.45, 2.75) is 13.5 Å². The summed E-state index contributed by atoms with van der Waals surface area (Å²) >= 11 is 0. The summed E-state index contributed by atoms with van der Waals surface area (Å²) in [5.41, 5.74) is 0.895. The molecule has 0 atom stereocenters. The Bertz CT molecular complexity index is 625. The monoisotopic (exact) mass is 226 g/mol. The Labute approximate surface area is 98.0 Å². The van der Waals surface area contributed by atoms with Gasteiger partial charge in [-0.05, 0) is 25.1 Å². The standard InChI is InChI=1S/C12H10N4O/c1-2-16-12(17)9(8-13)7-11(15-16)10-5-3-4-6-14-10/h3-7H,2H2,1H3. The summed E-state index contributed by atoms with van der Waals surface area (Å²) in [5, 5.41) is 13.1. The van der Waals surface area contributed by atoms with Crippen LogP contribution in [0, 0.1) is 11.3 Å². The number of pyridine rings is 1. The molecule has 0 bridgehead atoms. The van der Waals surface area contributed by atoms with Gasteiger partial charge in [0.2, 0.25) is 0 Å². The molecule has 2 heterocycles. The van der Waals surface area contributed by atoms with Crippen LogP contribution in [0.5, 0.6) is 0 Å². The minimum Gasteiger partial charge on any atom is -0.266 e. The third-order valence-electron chi connectivity index (χ3n) is 2.32. The van der Waals surface area contributed by atoms with Gasteiger partial charge in [0, 0.05) is 12.7 Å². The highest BCUT2D eigenvalue weighted by Gasteiger charge is 2.08. The summed E-state index contributed by atoms with van der Waals surface area (Å²) in [7, 11) is 0. The Morgan fingerprint density at radius 3 is 2.82 bits per heavy atom. The molecule has 5 heteroatoms. The number of hydrogen-bond donors (Lipinski definition) is 0. The number of aromatic nitrogens is 3. The summed E-state index contributed by atoms with van der Waals surface area (Å²) in [6.45, 7) is 2.23. The second kappa shape index (κ2) is 4.58. The SMILES string of the molecule is CCn1nc(-c2ccccn2)cc(C#N)c1=O. The van der Waals surface area contributed by atoms with Crippen LogP contribution in [-0.4, -0.2) is 14.8 Å². The lowest BCUT2D eigenvalue weighted by Crippen LogP contribution is -2.24. The highest BCUT2D eigenvalue weighted by molar-refractivity contribution is 5.55. The van der Waals surface area contributed by atoms with E-state index in [1.807, 2.05) is 12.1 Å². The molecule has 0 unspecified atom stereocenters. The van der Waals surface area contributed by atoms with Crippen molar-refractivity contribution in [1.29, 1.82) is 5.26 Å². The van der Waals surface area contributed by atoms with Crippen molar-refractivity contribution in [2.24, 2.45) is 0 Å². The van der Waals surface area contributed by atoms with Gasteiger partial charge >= 0.3 is 0 Å². The fourth-order valence-corrected chi connectivity index (χ4v) is 1.48. The number of hydrogen-bond acceptors (Lipinski definition) is 4. The first-order valence-corrected chi connectivity index (χ1v) is 5.20. The average Bonchev–Trinajstić information content (AvgIpc) is 2.40. The number of rotatable bonds is 2. The van der Waals surface area contributed by atoms with E-state index in [0.29, 0.717) is 17.9 Å². The molecule has 2 rings (SSSR count). The smallest absolute Gasteiger partial charge is 0.266 e. The van der Waals surface area contributed by atoms with Crippen LogP contribution in [0.4, 0.5) is 0 Å². The van der Waals surface area contributed by atoms with Gasteiger partial charge < -0.3 is 0 Å². The van der Waals surface area contributed by atoms with Crippen molar-refractivity contribution < 1.29 is 0 Å². The van der Waals surface area contributed by atoms with Gasteiger partial charge in [-0.2, -0.15) is 10.4 Å². The Morgan fingerprint density at radius 2 is 2.24 bits per heavy atom. The molecule has 0 saturated heterocycles. The van der Waals surface area contributed by atoms with E-state index in [9.17, 15) is 4.79 Å². The maximum atomic E-state index is 11.7. The predicted molar refractivity (Wildman–Crippen MR) is 62.1 cm³/mol. The molecule has 0 spiro atoms. The third-order valence-corrected chi connectivity index (χ3v) is 2.32. The van der Waals surface area contributed by atoms with E-state index < -0.39 is 0 Å². The van der Waals surface area contributed by atoms with Crippen LogP contribution in [0.1, 0.15) is 12.5 Å². The summed E-state index contributed by atoms with van der Waals surface area (Å²) < 4.78 is 1.27. The second-order valence-corrected chi connectivity index (χ2v) is 3.39. The molecule has 2 aromatic rings. The number of nitriles is 1. The first-order valence-electron chi connectivity index (χ1n) is 5.20. The summed E-state index contributed by atoms with van der Waals surface area (Å²) in [6, 6.07) is 8.76. The molecule has 0 N–H and O–H groups in total.